The quantitative estimate of drug-likeness (QED) is 0.105. The van der Waals surface area contributed by atoms with E-state index in [9.17, 15) is 39.3 Å². The number of Topliss-reactive ketones (excluding diaryl/α,β-unsaturated/α-hetero) is 3. The van der Waals surface area contributed by atoms with Gasteiger partial charge >= 0.3 is 5.97 Å². The lowest BCUT2D eigenvalue weighted by molar-refractivity contribution is -0.302. The number of benzene rings is 1. The lowest BCUT2D eigenvalue weighted by atomic mass is 9.81. The van der Waals surface area contributed by atoms with Gasteiger partial charge in [-0.25, -0.2) is 4.79 Å². The Hall–Kier alpha value is -3.83. The molecule has 1 aliphatic carbocycles. The van der Waals surface area contributed by atoms with Crippen LogP contribution >= 0.6 is 0 Å². The van der Waals surface area contributed by atoms with Crippen LogP contribution in [0.4, 0.5) is 0 Å². The number of phenolic OH excluding ortho intramolecular Hbond substituents is 1. The van der Waals surface area contributed by atoms with Gasteiger partial charge in [0.2, 0.25) is 5.79 Å². The molecule has 1 saturated carbocycles. The Labute approximate surface area is 390 Å². The minimum Gasteiger partial charge on any atom is -0.508 e. The van der Waals surface area contributed by atoms with E-state index in [-0.39, 0.29) is 73.8 Å². The highest BCUT2D eigenvalue weighted by molar-refractivity contribution is 6.39. The normalized spacial score (nSPS) is 37.0. The molecular formula is C51H75NO14. The third-order valence-electron chi connectivity index (χ3n) is 14.5. The summed E-state index contributed by atoms with van der Waals surface area (Å²) in [7, 11) is 4.64. The van der Waals surface area contributed by atoms with Crippen LogP contribution in [-0.4, -0.2) is 138 Å². The minimum absolute atomic E-state index is 0.0136. The number of ether oxygens (including phenoxy) is 6. The van der Waals surface area contributed by atoms with E-state index in [0.29, 0.717) is 62.5 Å². The molecule has 66 heavy (non-hydrogen) atoms. The fourth-order valence-electron chi connectivity index (χ4n) is 10.5. The van der Waals surface area contributed by atoms with Crippen molar-refractivity contribution in [2.45, 2.75) is 167 Å². The number of aromatic hydroxyl groups is 1. The number of hydrogen-bond acceptors (Lipinski definition) is 14. The largest absolute Gasteiger partial charge is 0.508 e. The number of hydrogen-bond donors (Lipinski definition) is 3. The summed E-state index contributed by atoms with van der Waals surface area (Å²) in [5, 5.41) is 33.5. The first kappa shape index (κ1) is 53.1. The van der Waals surface area contributed by atoms with Crippen LogP contribution in [0, 0.1) is 29.6 Å². The predicted molar refractivity (Wildman–Crippen MR) is 244 cm³/mol. The number of carbonyl (C=O) groups is 5. The maximum Gasteiger partial charge on any atom is 0.329 e. The number of fused-ring (bicyclic) bond motifs is 3. The standard InChI is InChI=1S/C51H75NO14/c1-10-35-22-29(2)21-30(3)23-44(62-8)47-45(63-9)25-32(5)51(60,66-47)48(57)49(58)52-20-12-11-13-38(52)50(59)65-46(33(6)39(54)27-40(35)55)31(4)24-34-14-19-42(43(26-34)61-7)64-28-41(56)36-15-17-37(53)18-16-36/h15-18,22,24,30,32-35,38-39,42-47,53-54,60H,10-14,19-21,23,25-28H2,1-9H3/b29-22+,31-24?. The SMILES string of the molecule is CCC1/C=C(\C)CC(C)CC(OC)C2OC(O)(C(=O)C(=O)N3CCCCC3C(=O)OC(C(C)=CC3CCC(OCC(=O)c4ccc(O)cc4)C(OC)C3)C(C)C(O)CC1=O)C(C)CC2OC. The fourth-order valence-corrected chi connectivity index (χ4v) is 10.5. The first-order valence-corrected chi connectivity index (χ1v) is 23.9. The number of rotatable bonds is 10. The Morgan fingerprint density at radius 2 is 1.56 bits per heavy atom. The average molecular weight is 926 g/mol. The zero-order valence-electron chi connectivity index (χ0n) is 40.4. The second kappa shape index (κ2) is 23.9. The number of phenols is 1. The van der Waals surface area contributed by atoms with E-state index in [2.05, 4.69) is 0 Å². The number of ketones is 3. The number of allylic oxidation sites excluding steroid dienone is 3. The summed E-state index contributed by atoms with van der Waals surface area (Å²) in [4.78, 5) is 71.2. The number of piperidine rings is 1. The summed E-state index contributed by atoms with van der Waals surface area (Å²) in [6.45, 7) is 11.0. The molecular weight excluding hydrogens is 851 g/mol. The first-order valence-electron chi connectivity index (χ1n) is 23.9. The van der Waals surface area contributed by atoms with Crippen molar-refractivity contribution in [1.82, 2.24) is 4.90 Å². The van der Waals surface area contributed by atoms with Gasteiger partial charge in [-0.3, -0.25) is 19.2 Å². The number of esters is 1. The van der Waals surface area contributed by atoms with E-state index in [4.69, 9.17) is 28.4 Å². The molecule has 0 radical (unpaired) electrons. The molecule has 0 spiro atoms. The Bertz CT molecular complexity index is 1900. The molecule has 15 nitrogen and oxygen atoms in total. The Morgan fingerprint density at radius 1 is 0.894 bits per heavy atom. The van der Waals surface area contributed by atoms with Gasteiger partial charge in [0.1, 0.15) is 36.4 Å². The van der Waals surface area contributed by atoms with Crippen molar-refractivity contribution in [3.8, 4) is 5.75 Å². The average Bonchev–Trinajstić information content (AvgIpc) is 3.30. The van der Waals surface area contributed by atoms with Crippen molar-refractivity contribution < 1.29 is 67.7 Å². The molecule has 15 heteroatoms. The van der Waals surface area contributed by atoms with Crippen LogP contribution in [-0.2, 0) is 47.6 Å². The van der Waals surface area contributed by atoms with Crippen LogP contribution in [0.15, 0.2) is 47.6 Å². The van der Waals surface area contributed by atoms with Gasteiger partial charge in [0, 0.05) is 57.6 Å². The van der Waals surface area contributed by atoms with E-state index in [0.717, 1.165) is 5.57 Å². The molecule has 14 atom stereocenters. The molecule has 3 N–H and O–H groups in total. The third-order valence-corrected chi connectivity index (χ3v) is 14.5. The predicted octanol–water partition coefficient (Wildman–Crippen LogP) is 6.09. The lowest BCUT2D eigenvalue weighted by Gasteiger charge is -2.47. The van der Waals surface area contributed by atoms with Crippen molar-refractivity contribution in [1.29, 1.82) is 0 Å². The molecule has 4 aliphatic rings. The van der Waals surface area contributed by atoms with Crippen LogP contribution in [0.5, 0.6) is 5.75 Å². The number of carbonyl (C=O) groups excluding carboxylic acids is 5. The number of methoxy groups -OCH3 is 3. The molecule has 3 aliphatic heterocycles. The summed E-state index contributed by atoms with van der Waals surface area (Å²) < 4.78 is 36.3. The van der Waals surface area contributed by atoms with Gasteiger partial charge in [0.25, 0.3) is 11.7 Å². The second-order valence-corrected chi connectivity index (χ2v) is 19.4. The van der Waals surface area contributed by atoms with E-state index in [1.165, 1.54) is 31.3 Å². The van der Waals surface area contributed by atoms with Gasteiger partial charge in [0.05, 0.1) is 30.5 Å². The molecule has 14 unspecified atom stereocenters. The van der Waals surface area contributed by atoms with Gasteiger partial charge in [-0.05, 0) is 120 Å². The highest BCUT2D eigenvalue weighted by Gasteiger charge is 2.56. The summed E-state index contributed by atoms with van der Waals surface area (Å²) in [6.07, 6.45) is 3.54. The summed E-state index contributed by atoms with van der Waals surface area (Å²) in [5.74, 6) is -7.97. The highest BCUT2D eigenvalue weighted by atomic mass is 16.7. The van der Waals surface area contributed by atoms with Gasteiger partial charge < -0.3 is 48.6 Å². The van der Waals surface area contributed by atoms with Crippen LogP contribution < -0.4 is 0 Å². The summed E-state index contributed by atoms with van der Waals surface area (Å²) in [5.41, 5.74) is 2.03. The van der Waals surface area contributed by atoms with E-state index in [1.54, 1.807) is 33.1 Å². The van der Waals surface area contributed by atoms with E-state index in [1.807, 2.05) is 39.8 Å². The number of aliphatic hydroxyl groups is 2. The van der Waals surface area contributed by atoms with Crippen molar-refractivity contribution in [2.75, 3.05) is 34.5 Å². The van der Waals surface area contributed by atoms with Gasteiger partial charge in [0.15, 0.2) is 5.78 Å². The van der Waals surface area contributed by atoms with Crippen molar-refractivity contribution >= 4 is 29.2 Å². The summed E-state index contributed by atoms with van der Waals surface area (Å²) >= 11 is 0. The van der Waals surface area contributed by atoms with Crippen LogP contribution in [0.3, 0.4) is 0 Å². The zero-order chi connectivity index (χ0) is 48.5. The third kappa shape index (κ3) is 12.8. The molecule has 368 valence electrons. The molecule has 5 rings (SSSR count). The van der Waals surface area contributed by atoms with Crippen LogP contribution in [0.2, 0.25) is 0 Å². The first-order chi connectivity index (χ1) is 31.3. The van der Waals surface area contributed by atoms with Crippen molar-refractivity contribution in [3.63, 3.8) is 0 Å². The Kier molecular flexibility index (Phi) is 19.3. The van der Waals surface area contributed by atoms with Crippen molar-refractivity contribution in [2.24, 2.45) is 29.6 Å². The maximum absolute atomic E-state index is 14.5. The topological polar surface area (TPSA) is 205 Å². The molecule has 1 aromatic carbocycles. The molecule has 0 aromatic heterocycles. The lowest BCUT2D eigenvalue weighted by Crippen LogP contribution is -2.64. The molecule has 1 amide bonds. The van der Waals surface area contributed by atoms with E-state index >= 15 is 0 Å². The second-order valence-electron chi connectivity index (χ2n) is 19.4. The molecule has 1 aromatic rings. The fraction of sp³-hybridized carbons (Fsp3) is 0.706. The molecule has 3 heterocycles. The Morgan fingerprint density at radius 3 is 2.21 bits per heavy atom. The van der Waals surface area contributed by atoms with Crippen LogP contribution in [0.25, 0.3) is 0 Å². The van der Waals surface area contributed by atoms with Gasteiger partial charge in [-0.1, -0.05) is 45.4 Å². The smallest absolute Gasteiger partial charge is 0.329 e. The maximum atomic E-state index is 14.5. The molecule has 2 bridgehead atoms. The molecule has 3 fully saturated rings. The number of nitrogens with zero attached hydrogens (tertiary/aromatic N) is 1. The van der Waals surface area contributed by atoms with Gasteiger partial charge in [-0.2, -0.15) is 0 Å². The Balaban J connectivity index is 1.45. The zero-order valence-corrected chi connectivity index (χ0v) is 40.4. The minimum atomic E-state index is -2.53. The monoisotopic (exact) mass is 926 g/mol. The number of amides is 1. The van der Waals surface area contributed by atoms with Crippen molar-refractivity contribution in [3.05, 3.63) is 53.1 Å². The van der Waals surface area contributed by atoms with Gasteiger partial charge in [-0.15, -0.1) is 0 Å². The number of aliphatic hydroxyl groups excluding tert-OH is 1. The molecule has 2 saturated heterocycles. The highest BCUT2D eigenvalue weighted by Crippen LogP contribution is 2.39. The van der Waals surface area contributed by atoms with Crippen LogP contribution in [0.1, 0.15) is 123 Å². The van der Waals surface area contributed by atoms with E-state index < -0.39 is 77.8 Å². The number of cyclic esters (lactones) is 1. The summed E-state index contributed by atoms with van der Waals surface area (Å²) in [6, 6.07) is 4.82.